The number of aromatic nitrogens is 2. The van der Waals surface area contributed by atoms with Crippen molar-refractivity contribution in [1.29, 1.82) is 0 Å². The number of aromatic amines is 1. The van der Waals surface area contributed by atoms with Crippen molar-refractivity contribution in [3.8, 4) is 11.5 Å². The van der Waals surface area contributed by atoms with Crippen LogP contribution in [0, 0.1) is 5.92 Å². The lowest BCUT2D eigenvalue weighted by Crippen LogP contribution is -2.51. The molecular weight excluding hydrogens is 404 g/mol. The van der Waals surface area contributed by atoms with Gasteiger partial charge >= 0.3 is 0 Å². The highest BCUT2D eigenvalue weighted by Crippen LogP contribution is 2.40. The van der Waals surface area contributed by atoms with Crippen LogP contribution in [0.1, 0.15) is 66.1 Å². The fourth-order valence-electron chi connectivity index (χ4n) is 5.44. The molecule has 3 heterocycles. The zero-order valence-electron chi connectivity index (χ0n) is 20.2. The van der Waals surface area contributed by atoms with Gasteiger partial charge in [-0.25, -0.2) is 4.98 Å². The number of nitrogens with zero attached hydrogens (tertiary/aromatic N) is 2. The van der Waals surface area contributed by atoms with Crippen molar-refractivity contribution in [1.82, 2.24) is 20.2 Å². The Morgan fingerprint density at radius 3 is 2.47 bits per heavy atom. The summed E-state index contributed by atoms with van der Waals surface area (Å²) in [5, 5.41) is 3.11. The second-order valence-electron chi connectivity index (χ2n) is 10.2. The third-order valence-corrected chi connectivity index (χ3v) is 6.51. The minimum atomic E-state index is -0.182. The molecule has 2 fully saturated rings. The van der Waals surface area contributed by atoms with E-state index in [1.54, 1.807) is 0 Å². The minimum Gasteiger partial charge on any atom is -0.490 e. The molecule has 4 rings (SSSR count). The fourth-order valence-corrected chi connectivity index (χ4v) is 5.44. The maximum atomic E-state index is 12.5. The molecular formula is C25H38N4O3. The molecule has 7 nitrogen and oxygen atoms in total. The van der Waals surface area contributed by atoms with E-state index in [1.807, 2.05) is 46.8 Å². The Morgan fingerprint density at radius 1 is 1.16 bits per heavy atom. The monoisotopic (exact) mass is 442 g/mol. The van der Waals surface area contributed by atoms with Crippen LogP contribution in [0.3, 0.4) is 0 Å². The third kappa shape index (κ3) is 5.03. The number of benzene rings is 1. The molecule has 0 aliphatic carbocycles. The lowest BCUT2D eigenvalue weighted by molar-refractivity contribution is -0.125. The number of fused-ring (bicyclic) bond motifs is 3. The van der Waals surface area contributed by atoms with Crippen molar-refractivity contribution in [3.05, 3.63) is 18.0 Å². The summed E-state index contributed by atoms with van der Waals surface area (Å²) in [4.78, 5) is 23.3. The molecule has 7 heteroatoms. The first-order valence-corrected chi connectivity index (χ1v) is 12.1. The molecule has 0 unspecified atom stereocenters. The van der Waals surface area contributed by atoms with Crippen molar-refractivity contribution in [2.24, 2.45) is 5.92 Å². The van der Waals surface area contributed by atoms with E-state index in [1.165, 1.54) is 12.8 Å². The summed E-state index contributed by atoms with van der Waals surface area (Å²) in [6, 6.07) is 4.98. The van der Waals surface area contributed by atoms with E-state index in [0.29, 0.717) is 37.8 Å². The van der Waals surface area contributed by atoms with Crippen LogP contribution < -0.4 is 14.8 Å². The second-order valence-corrected chi connectivity index (χ2v) is 10.2. The van der Waals surface area contributed by atoms with Crippen LogP contribution in [0.25, 0.3) is 11.0 Å². The third-order valence-electron chi connectivity index (χ3n) is 6.51. The lowest BCUT2D eigenvalue weighted by Gasteiger charge is -2.38. The van der Waals surface area contributed by atoms with E-state index in [2.05, 4.69) is 15.2 Å². The fraction of sp³-hybridized carbons (Fsp3) is 0.680. The van der Waals surface area contributed by atoms with Crippen molar-refractivity contribution in [3.63, 3.8) is 0 Å². The van der Waals surface area contributed by atoms with E-state index in [-0.39, 0.29) is 11.4 Å². The van der Waals surface area contributed by atoms with Gasteiger partial charge in [-0.05, 0) is 78.4 Å². The van der Waals surface area contributed by atoms with Gasteiger partial charge in [-0.2, -0.15) is 0 Å². The van der Waals surface area contributed by atoms with Crippen LogP contribution in [0.15, 0.2) is 12.1 Å². The number of rotatable bonds is 8. The number of hydrogen-bond donors (Lipinski definition) is 2. The SMILES string of the molecule is CCOc1ccc2[nH]c(C[C@@H]3C[C@H]4CC[C@@H](C3)N4CC(=O)NC(C)(C)C)nc2c1OCC. The molecule has 2 aliphatic rings. The van der Waals surface area contributed by atoms with Gasteiger partial charge in [0.2, 0.25) is 5.91 Å². The molecule has 32 heavy (non-hydrogen) atoms. The minimum absolute atomic E-state index is 0.138. The summed E-state index contributed by atoms with van der Waals surface area (Å²) in [6.07, 6.45) is 5.56. The number of ether oxygens (including phenoxy) is 2. The zero-order chi connectivity index (χ0) is 22.9. The summed E-state index contributed by atoms with van der Waals surface area (Å²) >= 11 is 0. The van der Waals surface area contributed by atoms with Crippen molar-refractivity contribution < 1.29 is 14.3 Å². The summed E-state index contributed by atoms with van der Waals surface area (Å²) in [7, 11) is 0. The molecule has 3 atom stereocenters. The Hall–Kier alpha value is -2.28. The predicted molar refractivity (Wildman–Crippen MR) is 126 cm³/mol. The van der Waals surface area contributed by atoms with Gasteiger partial charge in [0.15, 0.2) is 11.5 Å². The molecule has 0 radical (unpaired) electrons. The van der Waals surface area contributed by atoms with E-state index in [4.69, 9.17) is 14.5 Å². The molecule has 2 aromatic rings. The highest BCUT2D eigenvalue weighted by atomic mass is 16.5. The Morgan fingerprint density at radius 2 is 1.84 bits per heavy atom. The topological polar surface area (TPSA) is 79.5 Å². The van der Waals surface area contributed by atoms with Gasteiger partial charge in [0, 0.05) is 24.0 Å². The molecule has 2 N–H and O–H groups in total. The zero-order valence-corrected chi connectivity index (χ0v) is 20.2. The largest absolute Gasteiger partial charge is 0.490 e. The van der Waals surface area contributed by atoms with Crippen LogP contribution in [-0.4, -0.2) is 58.2 Å². The van der Waals surface area contributed by atoms with E-state index in [9.17, 15) is 4.79 Å². The molecule has 176 valence electrons. The van der Waals surface area contributed by atoms with Gasteiger partial charge in [0.25, 0.3) is 0 Å². The van der Waals surface area contributed by atoms with Crippen LogP contribution in [0.4, 0.5) is 0 Å². The van der Waals surface area contributed by atoms with Gasteiger partial charge in [0.05, 0.1) is 25.3 Å². The first kappa shape index (κ1) is 22.9. The first-order valence-electron chi connectivity index (χ1n) is 12.1. The number of hydrogen-bond acceptors (Lipinski definition) is 5. The van der Waals surface area contributed by atoms with Crippen LogP contribution >= 0.6 is 0 Å². The smallest absolute Gasteiger partial charge is 0.234 e. The number of amides is 1. The molecule has 2 bridgehead atoms. The van der Waals surface area contributed by atoms with Gasteiger partial charge in [0.1, 0.15) is 11.3 Å². The quantitative estimate of drug-likeness (QED) is 0.644. The lowest BCUT2D eigenvalue weighted by atomic mass is 9.88. The average molecular weight is 443 g/mol. The summed E-state index contributed by atoms with van der Waals surface area (Å²) in [6.45, 7) is 11.7. The molecule has 1 amide bonds. The van der Waals surface area contributed by atoms with Gasteiger partial charge in [-0.15, -0.1) is 0 Å². The molecule has 2 saturated heterocycles. The highest BCUT2D eigenvalue weighted by molar-refractivity contribution is 5.85. The summed E-state index contributed by atoms with van der Waals surface area (Å²) < 4.78 is 11.6. The first-order chi connectivity index (χ1) is 15.3. The molecule has 1 aromatic heterocycles. The number of piperidine rings is 1. The van der Waals surface area contributed by atoms with Crippen molar-refractivity contribution in [2.45, 2.75) is 84.3 Å². The van der Waals surface area contributed by atoms with Crippen LogP contribution in [-0.2, 0) is 11.2 Å². The number of H-pyrrole nitrogens is 1. The number of carbonyl (C=O) groups is 1. The number of nitrogens with one attached hydrogen (secondary N) is 2. The van der Waals surface area contributed by atoms with Crippen molar-refractivity contribution >= 4 is 16.9 Å². The Kier molecular flexibility index (Phi) is 6.65. The standard InChI is InChI=1S/C25H38N4O3/c1-6-31-20-11-10-19-23(24(20)32-7-2)27-21(26-19)14-16-12-17-8-9-18(13-16)29(17)15-22(30)28-25(3,4)5/h10-11,16-18H,6-9,12-15H2,1-5H3,(H,26,27)(H,28,30)/t16-,17-,18+. The Labute approximate surface area is 191 Å². The summed E-state index contributed by atoms with van der Waals surface area (Å²) in [5.41, 5.74) is 1.66. The molecule has 2 aliphatic heterocycles. The van der Waals surface area contributed by atoms with Crippen LogP contribution in [0.5, 0.6) is 11.5 Å². The van der Waals surface area contributed by atoms with E-state index in [0.717, 1.165) is 47.6 Å². The normalized spacial score (nSPS) is 23.5. The Bertz CT molecular complexity index is 935. The predicted octanol–water partition coefficient (Wildman–Crippen LogP) is 4.06. The van der Waals surface area contributed by atoms with Crippen LogP contribution in [0.2, 0.25) is 0 Å². The molecule has 0 spiro atoms. The van der Waals surface area contributed by atoms with E-state index < -0.39 is 0 Å². The number of imidazole rings is 1. The van der Waals surface area contributed by atoms with Gasteiger partial charge in [-0.1, -0.05) is 0 Å². The maximum absolute atomic E-state index is 12.5. The summed E-state index contributed by atoms with van der Waals surface area (Å²) in [5.74, 6) is 3.21. The van der Waals surface area contributed by atoms with Crippen molar-refractivity contribution in [2.75, 3.05) is 19.8 Å². The highest BCUT2D eigenvalue weighted by Gasteiger charge is 2.41. The van der Waals surface area contributed by atoms with Gasteiger partial charge < -0.3 is 19.8 Å². The van der Waals surface area contributed by atoms with Gasteiger partial charge in [-0.3, -0.25) is 9.69 Å². The Balaban J connectivity index is 1.43. The molecule has 0 saturated carbocycles. The average Bonchev–Trinajstić information content (AvgIpc) is 3.19. The maximum Gasteiger partial charge on any atom is 0.234 e. The number of carbonyl (C=O) groups excluding carboxylic acids is 1. The second kappa shape index (κ2) is 9.30. The van der Waals surface area contributed by atoms with E-state index >= 15 is 0 Å². The molecule has 1 aromatic carbocycles.